The lowest BCUT2D eigenvalue weighted by atomic mass is 10.0. The van der Waals surface area contributed by atoms with Crippen molar-refractivity contribution in [2.75, 3.05) is 6.54 Å². The van der Waals surface area contributed by atoms with Gasteiger partial charge < -0.3 is 10.0 Å². The molecule has 0 spiro atoms. The van der Waals surface area contributed by atoms with Crippen LogP contribution in [-0.2, 0) is 4.79 Å². The molecule has 1 saturated heterocycles. The van der Waals surface area contributed by atoms with Crippen molar-refractivity contribution >= 4 is 34.8 Å². The zero-order chi connectivity index (χ0) is 17.3. The van der Waals surface area contributed by atoms with Crippen LogP contribution in [0.15, 0.2) is 24.3 Å². The number of carbonyl (C=O) groups is 2. The Morgan fingerprint density at radius 1 is 1.29 bits per heavy atom. The monoisotopic (exact) mass is 364 g/mol. The second kappa shape index (κ2) is 6.91. The number of benzene rings is 1. The van der Waals surface area contributed by atoms with Crippen molar-refractivity contribution < 1.29 is 14.7 Å². The summed E-state index contributed by atoms with van der Waals surface area (Å²) in [5.41, 5.74) is 1.52. The quantitative estimate of drug-likeness (QED) is 0.897. The fraction of sp³-hybridized carbons (Fsp3) is 0.353. The number of aryl methyl sites for hydroxylation is 1. The number of halogens is 1. The van der Waals surface area contributed by atoms with E-state index in [1.807, 2.05) is 12.1 Å². The maximum absolute atomic E-state index is 12.8. The zero-order valence-corrected chi connectivity index (χ0v) is 14.7. The fourth-order valence-corrected chi connectivity index (χ4v) is 4.03. The highest BCUT2D eigenvalue weighted by molar-refractivity contribution is 7.17. The minimum absolute atomic E-state index is 0.239. The molecule has 1 aromatic carbocycles. The second-order valence-corrected chi connectivity index (χ2v) is 7.22. The molecule has 1 fully saturated rings. The zero-order valence-electron chi connectivity index (χ0n) is 13.2. The van der Waals surface area contributed by atoms with Crippen LogP contribution in [0.2, 0.25) is 5.02 Å². The number of hydrogen-bond donors (Lipinski definition) is 1. The number of aromatic nitrogens is 1. The van der Waals surface area contributed by atoms with E-state index >= 15 is 0 Å². The number of piperidine rings is 1. The van der Waals surface area contributed by atoms with Gasteiger partial charge in [-0.25, -0.2) is 9.78 Å². The molecule has 2 heterocycles. The summed E-state index contributed by atoms with van der Waals surface area (Å²) < 4.78 is 0. The predicted octanol–water partition coefficient (Wildman–Crippen LogP) is 3.85. The molecule has 0 radical (unpaired) electrons. The van der Waals surface area contributed by atoms with E-state index < -0.39 is 12.0 Å². The standard InChI is InChI=1S/C17H17ClN2O3S/c1-10-14(16(21)20-9-3-2-4-13(20)17(22)23)24-15(19-10)11-5-7-12(18)8-6-11/h5-8,13H,2-4,9H2,1H3,(H,22,23)/t13-/m1/s1. The summed E-state index contributed by atoms with van der Waals surface area (Å²) >= 11 is 7.20. The van der Waals surface area contributed by atoms with Gasteiger partial charge in [-0.1, -0.05) is 23.7 Å². The molecule has 1 atom stereocenters. The van der Waals surface area contributed by atoms with Crippen molar-refractivity contribution in [3.8, 4) is 10.6 Å². The van der Waals surface area contributed by atoms with Crippen molar-refractivity contribution in [3.63, 3.8) is 0 Å². The number of carboxylic acid groups (broad SMARTS) is 1. The van der Waals surface area contributed by atoms with Gasteiger partial charge in [-0.3, -0.25) is 4.79 Å². The molecule has 0 saturated carbocycles. The van der Waals surface area contributed by atoms with Crippen LogP contribution in [0, 0.1) is 6.92 Å². The van der Waals surface area contributed by atoms with E-state index in [9.17, 15) is 14.7 Å². The number of hydrogen-bond acceptors (Lipinski definition) is 4. The van der Waals surface area contributed by atoms with E-state index in [0.29, 0.717) is 28.6 Å². The first-order valence-electron chi connectivity index (χ1n) is 7.74. The Morgan fingerprint density at radius 2 is 2.00 bits per heavy atom. The summed E-state index contributed by atoms with van der Waals surface area (Å²) in [7, 11) is 0. The SMILES string of the molecule is Cc1nc(-c2ccc(Cl)cc2)sc1C(=O)N1CCCC[C@@H]1C(=O)O. The summed E-state index contributed by atoms with van der Waals surface area (Å²) in [5, 5.41) is 10.7. The molecule has 0 bridgehead atoms. The van der Waals surface area contributed by atoms with Crippen molar-refractivity contribution in [1.82, 2.24) is 9.88 Å². The lowest BCUT2D eigenvalue weighted by Crippen LogP contribution is -2.47. The van der Waals surface area contributed by atoms with Gasteiger partial charge in [0.25, 0.3) is 5.91 Å². The first-order chi connectivity index (χ1) is 11.5. The summed E-state index contributed by atoms with van der Waals surface area (Å²) in [6.07, 6.45) is 2.17. The maximum Gasteiger partial charge on any atom is 0.326 e. The number of thiazole rings is 1. The summed E-state index contributed by atoms with van der Waals surface area (Å²) in [6.45, 7) is 2.26. The number of aliphatic carboxylic acids is 1. The van der Waals surface area contributed by atoms with Crippen molar-refractivity contribution in [2.45, 2.75) is 32.2 Å². The van der Waals surface area contributed by atoms with Gasteiger partial charge >= 0.3 is 5.97 Å². The fourth-order valence-electron chi connectivity index (χ4n) is 2.87. The number of rotatable bonds is 3. The van der Waals surface area contributed by atoms with Crippen LogP contribution in [0.25, 0.3) is 10.6 Å². The van der Waals surface area contributed by atoms with Crippen molar-refractivity contribution in [1.29, 1.82) is 0 Å². The summed E-state index contributed by atoms with van der Waals surface area (Å²) in [4.78, 5) is 30.7. The first-order valence-corrected chi connectivity index (χ1v) is 8.94. The van der Waals surface area contributed by atoms with Crippen LogP contribution in [0.3, 0.4) is 0 Å². The number of likely N-dealkylation sites (tertiary alicyclic amines) is 1. The van der Waals surface area contributed by atoms with E-state index in [4.69, 9.17) is 11.6 Å². The van der Waals surface area contributed by atoms with E-state index in [0.717, 1.165) is 23.4 Å². The molecule has 0 aliphatic carbocycles. The first kappa shape index (κ1) is 16.9. The Kier molecular flexibility index (Phi) is 4.87. The summed E-state index contributed by atoms with van der Waals surface area (Å²) in [5.74, 6) is -1.18. The smallest absolute Gasteiger partial charge is 0.326 e. The third-order valence-electron chi connectivity index (χ3n) is 4.13. The van der Waals surface area contributed by atoms with Gasteiger partial charge in [0.1, 0.15) is 15.9 Å². The molecule has 2 aromatic rings. The van der Waals surface area contributed by atoms with Crippen LogP contribution in [0.1, 0.15) is 34.6 Å². The van der Waals surface area contributed by atoms with Crippen LogP contribution in [-0.4, -0.2) is 39.5 Å². The highest BCUT2D eigenvalue weighted by atomic mass is 35.5. The minimum atomic E-state index is -0.942. The Hall–Kier alpha value is -1.92. The van der Waals surface area contributed by atoms with E-state index in [1.165, 1.54) is 16.2 Å². The average Bonchev–Trinajstić information content (AvgIpc) is 2.96. The molecular formula is C17H17ClN2O3S. The van der Waals surface area contributed by atoms with Crippen LogP contribution in [0.5, 0.6) is 0 Å². The van der Waals surface area contributed by atoms with E-state index in [1.54, 1.807) is 19.1 Å². The summed E-state index contributed by atoms with van der Waals surface area (Å²) in [6, 6.07) is 6.53. The predicted molar refractivity (Wildman–Crippen MR) is 93.6 cm³/mol. The molecule has 1 N–H and O–H groups in total. The Labute approximate surface area is 148 Å². The van der Waals surface area contributed by atoms with Gasteiger partial charge in [0, 0.05) is 17.1 Å². The molecule has 7 heteroatoms. The lowest BCUT2D eigenvalue weighted by molar-refractivity contribution is -0.143. The molecule has 1 aromatic heterocycles. The number of nitrogens with zero attached hydrogens (tertiary/aromatic N) is 2. The number of carbonyl (C=O) groups excluding carboxylic acids is 1. The van der Waals surface area contributed by atoms with Crippen LogP contribution < -0.4 is 0 Å². The third kappa shape index (κ3) is 3.30. The number of carboxylic acids is 1. The molecule has 0 unspecified atom stereocenters. The average molecular weight is 365 g/mol. The van der Waals surface area contributed by atoms with Gasteiger partial charge in [0.2, 0.25) is 0 Å². The van der Waals surface area contributed by atoms with E-state index in [2.05, 4.69) is 4.98 Å². The molecule has 3 rings (SSSR count). The topological polar surface area (TPSA) is 70.5 Å². The Bertz CT molecular complexity index is 773. The molecule has 126 valence electrons. The number of amides is 1. The molecular weight excluding hydrogens is 348 g/mol. The maximum atomic E-state index is 12.8. The third-order valence-corrected chi connectivity index (χ3v) is 5.58. The van der Waals surface area contributed by atoms with Crippen LogP contribution >= 0.6 is 22.9 Å². The molecule has 5 nitrogen and oxygen atoms in total. The lowest BCUT2D eigenvalue weighted by Gasteiger charge is -2.32. The minimum Gasteiger partial charge on any atom is -0.480 e. The van der Waals surface area contributed by atoms with Gasteiger partial charge in [0.15, 0.2) is 0 Å². The van der Waals surface area contributed by atoms with Gasteiger partial charge in [-0.05, 0) is 38.3 Å². The van der Waals surface area contributed by atoms with E-state index in [-0.39, 0.29) is 5.91 Å². The molecule has 1 amide bonds. The van der Waals surface area contributed by atoms with Gasteiger partial charge in [-0.15, -0.1) is 11.3 Å². The van der Waals surface area contributed by atoms with Crippen LogP contribution in [0.4, 0.5) is 0 Å². The Morgan fingerprint density at radius 3 is 2.67 bits per heavy atom. The molecule has 1 aliphatic rings. The highest BCUT2D eigenvalue weighted by Crippen LogP contribution is 2.31. The van der Waals surface area contributed by atoms with Gasteiger partial charge in [-0.2, -0.15) is 0 Å². The van der Waals surface area contributed by atoms with Crippen molar-refractivity contribution in [2.24, 2.45) is 0 Å². The largest absolute Gasteiger partial charge is 0.480 e. The molecule has 1 aliphatic heterocycles. The Balaban J connectivity index is 1.90. The highest BCUT2D eigenvalue weighted by Gasteiger charge is 2.34. The van der Waals surface area contributed by atoms with Gasteiger partial charge in [0.05, 0.1) is 5.69 Å². The molecule has 24 heavy (non-hydrogen) atoms. The second-order valence-electron chi connectivity index (χ2n) is 5.79. The van der Waals surface area contributed by atoms with Crippen molar-refractivity contribution in [3.05, 3.63) is 39.9 Å². The normalized spacial score (nSPS) is 17.8.